The number of nitrogens with zero attached hydrogens (tertiary/aromatic N) is 3. The van der Waals surface area contributed by atoms with Gasteiger partial charge in [0.05, 0.1) is 17.9 Å². The quantitative estimate of drug-likeness (QED) is 0.518. The van der Waals surface area contributed by atoms with Crippen LogP contribution < -0.4 is 4.90 Å². The van der Waals surface area contributed by atoms with Gasteiger partial charge in [-0.05, 0) is 43.9 Å². The smallest absolute Gasteiger partial charge is 0.389 e. The summed E-state index contributed by atoms with van der Waals surface area (Å²) in [6, 6.07) is 4.62. The zero-order valence-electron chi connectivity index (χ0n) is 17.0. The second-order valence-electron chi connectivity index (χ2n) is 7.90. The highest BCUT2D eigenvalue weighted by molar-refractivity contribution is 5.85. The Hall–Kier alpha value is -3.17. The summed E-state index contributed by atoms with van der Waals surface area (Å²) in [6.07, 6.45) is -1.58. The minimum atomic E-state index is -4.24. The molecule has 0 bridgehead atoms. The van der Waals surface area contributed by atoms with E-state index in [1.807, 2.05) is 4.90 Å². The van der Waals surface area contributed by atoms with Gasteiger partial charge in [-0.3, -0.25) is 9.78 Å². The molecule has 1 fully saturated rings. The fourth-order valence-electron chi connectivity index (χ4n) is 3.94. The molecule has 0 atom stereocenters. The Balaban J connectivity index is 1.67. The molecule has 170 valence electrons. The first-order valence-electron chi connectivity index (χ1n) is 10.3. The van der Waals surface area contributed by atoms with Crippen LogP contribution in [-0.2, 0) is 11.2 Å². The van der Waals surface area contributed by atoms with Crippen LogP contribution in [0.2, 0.25) is 0 Å². The topological polar surface area (TPSA) is 79.5 Å². The first-order valence-corrected chi connectivity index (χ1v) is 10.3. The van der Waals surface area contributed by atoms with Crippen LogP contribution in [0.3, 0.4) is 0 Å². The normalized spacial score (nSPS) is 15.4. The summed E-state index contributed by atoms with van der Waals surface area (Å²) in [4.78, 5) is 22.1. The van der Waals surface area contributed by atoms with E-state index in [1.54, 1.807) is 12.1 Å². The van der Waals surface area contributed by atoms with Crippen molar-refractivity contribution >= 4 is 22.8 Å². The molecule has 0 aliphatic carbocycles. The molecule has 0 radical (unpaired) electrons. The van der Waals surface area contributed by atoms with E-state index in [0.29, 0.717) is 54.1 Å². The summed E-state index contributed by atoms with van der Waals surface area (Å²) in [5, 5.41) is 9.80. The van der Waals surface area contributed by atoms with Gasteiger partial charge in [-0.1, -0.05) is 0 Å². The van der Waals surface area contributed by atoms with Crippen LogP contribution in [0.15, 0.2) is 35.1 Å². The van der Waals surface area contributed by atoms with E-state index in [9.17, 15) is 27.5 Å². The molecule has 4 rings (SSSR count). The van der Waals surface area contributed by atoms with Crippen molar-refractivity contribution < 1.29 is 31.9 Å². The van der Waals surface area contributed by atoms with E-state index in [1.165, 1.54) is 18.5 Å². The molecule has 3 aromatic rings. The third kappa shape index (κ3) is 4.84. The lowest BCUT2D eigenvalue weighted by molar-refractivity contribution is -0.142. The van der Waals surface area contributed by atoms with Crippen LogP contribution in [0.5, 0.6) is 0 Å². The maximum atomic E-state index is 14.5. The second-order valence-corrected chi connectivity index (χ2v) is 7.90. The van der Waals surface area contributed by atoms with E-state index in [4.69, 9.17) is 4.42 Å². The van der Waals surface area contributed by atoms with Gasteiger partial charge >= 0.3 is 12.1 Å². The van der Waals surface area contributed by atoms with Gasteiger partial charge in [0.2, 0.25) is 0 Å². The van der Waals surface area contributed by atoms with Crippen molar-refractivity contribution in [2.75, 3.05) is 18.0 Å². The Kier molecular flexibility index (Phi) is 6.03. The monoisotopic (exact) mass is 451 g/mol. The average molecular weight is 451 g/mol. The second kappa shape index (κ2) is 8.76. The van der Waals surface area contributed by atoms with Gasteiger partial charge in [-0.15, -0.1) is 0 Å². The zero-order chi connectivity index (χ0) is 22.9. The molecule has 32 heavy (non-hydrogen) atoms. The molecule has 6 nitrogen and oxygen atoms in total. The van der Waals surface area contributed by atoms with Gasteiger partial charge in [0.15, 0.2) is 17.2 Å². The van der Waals surface area contributed by atoms with Crippen LogP contribution >= 0.6 is 0 Å². The van der Waals surface area contributed by atoms with Crippen molar-refractivity contribution in [1.29, 1.82) is 0 Å². The number of anilines is 1. The molecule has 0 amide bonds. The summed E-state index contributed by atoms with van der Waals surface area (Å²) in [7, 11) is 0. The van der Waals surface area contributed by atoms with E-state index < -0.39 is 30.3 Å². The number of fused-ring (bicyclic) bond motifs is 1. The number of benzene rings is 1. The van der Waals surface area contributed by atoms with Crippen molar-refractivity contribution in [1.82, 2.24) is 9.97 Å². The minimum absolute atomic E-state index is 0.0977. The van der Waals surface area contributed by atoms with Gasteiger partial charge in [0.25, 0.3) is 0 Å². The maximum absolute atomic E-state index is 14.5. The highest BCUT2D eigenvalue weighted by atomic mass is 19.4. The summed E-state index contributed by atoms with van der Waals surface area (Å²) in [5.41, 5.74) is 1.37. The molecular formula is C22H21F4N3O3. The molecule has 0 saturated carbocycles. The van der Waals surface area contributed by atoms with Crippen molar-refractivity contribution in [3.63, 3.8) is 0 Å². The molecule has 0 unspecified atom stereocenters. The number of alkyl halides is 3. The van der Waals surface area contributed by atoms with Crippen molar-refractivity contribution in [2.24, 2.45) is 5.92 Å². The molecule has 1 aromatic carbocycles. The van der Waals surface area contributed by atoms with Gasteiger partial charge in [-0.25, -0.2) is 9.37 Å². The summed E-state index contributed by atoms with van der Waals surface area (Å²) in [5.74, 6) is -1.46. The summed E-state index contributed by atoms with van der Waals surface area (Å²) in [6.45, 7) is 0.808. The highest BCUT2D eigenvalue weighted by Gasteiger charge is 2.28. The number of carboxylic acid groups (broad SMARTS) is 1. The molecule has 3 heterocycles. The predicted octanol–water partition coefficient (Wildman–Crippen LogP) is 5.21. The van der Waals surface area contributed by atoms with Crippen LogP contribution in [0, 0.1) is 11.7 Å². The van der Waals surface area contributed by atoms with Crippen LogP contribution in [0.4, 0.5) is 23.4 Å². The predicted molar refractivity (Wildman–Crippen MR) is 109 cm³/mol. The third-order valence-electron chi connectivity index (χ3n) is 5.62. The van der Waals surface area contributed by atoms with Gasteiger partial charge in [-0.2, -0.15) is 13.2 Å². The minimum Gasteiger partial charge on any atom is -0.481 e. The molecule has 1 N–H and O–H groups in total. The molecule has 2 aromatic heterocycles. The van der Waals surface area contributed by atoms with Crippen LogP contribution in [0.25, 0.3) is 22.2 Å². The lowest BCUT2D eigenvalue weighted by Crippen LogP contribution is -2.37. The number of hydrogen-bond acceptors (Lipinski definition) is 5. The van der Waals surface area contributed by atoms with E-state index in [0.717, 1.165) is 0 Å². The number of furan rings is 1. The van der Waals surface area contributed by atoms with E-state index >= 15 is 0 Å². The van der Waals surface area contributed by atoms with Gasteiger partial charge in [0.1, 0.15) is 5.69 Å². The first kappa shape index (κ1) is 22.0. The summed E-state index contributed by atoms with van der Waals surface area (Å²) < 4.78 is 57.2. The number of hydrogen-bond donors (Lipinski definition) is 1. The van der Waals surface area contributed by atoms with Gasteiger partial charge < -0.3 is 14.4 Å². The number of aromatic nitrogens is 2. The number of carboxylic acids is 1. The molecule has 1 aliphatic rings. The molecular weight excluding hydrogens is 430 g/mol. The lowest BCUT2D eigenvalue weighted by atomic mass is 9.96. The number of aryl methyl sites for hydroxylation is 1. The number of halogens is 4. The molecule has 0 spiro atoms. The molecule has 1 saturated heterocycles. The zero-order valence-corrected chi connectivity index (χ0v) is 17.0. The van der Waals surface area contributed by atoms with Crippen LogP contribution in [0.1, 0.15) is 31.4 Å². The Morgan fingerprint density at radius 2 is 2.00 bits per heavy atom. The SMILES string of the molecule is O=C(O)C1CCN(c2nc(CCCC(F)(F)F)cnc2-c2cc(F)c3occc3c2)CC1. The van der Waals surface area contributed by atoms with Crippen LogP contribution in [-0.4, -0.2) is 40.3 Å². The van der Waals surface area contributed by atoms with E-state index in [2.05, 4.69) is 9.97 Å². The number of aliphatic carboxylic acids is 1. The van der Waals surface area contributed by atoms with Crippen molar-refractivity contribution in [3.05, 3.63) is 42.2 Å². The Morgan fingerprint density at radius 3 is 2.69 bits per heavy atom. The fourth-order valence-corrected chi connectivity index (χ4v) is 3.94. The fraction of sp³-hybridized carbons (Fsp3) is 0.409. The van der Waals surface area contributed by atoms with Crippen molar-refractivity contribution in [2.45, 2.75) is 38.3 Å². The Bertz CT molecular complexity index is 1120. The maximum Gasteiger partial charge on any atom is 0.389 e. The Morgan fingerprint density at radius 1 is 1.25 bits per heavy atom. The molecule has 10 heteroatoms. The number of piperidine rings is 1. The highest BCUT2D eigenvalue weighted by Crippen LogP contribution is 2.34. The first-order chi connectivity index (χ1) is 15.2. The van der Waals surface area contributed by atoms with Gasteiger partial charge in [0, 0.05) is 36.7 Å². The third-order valence-corrected chi connectivity index (χ3v) is 5.62. The standard InChI is InChI=1S/C22H21F4N3O3/c23-17-11-15(10-14-5-9-32-19(14)17)18-20(29-7-3-13(4-8-29)21(30)31)28-16(12-27-18)2-1-6-22(24,25)26/h5,9-13H,1-4,6-8H2,(H,30,31). The largest absolute Gasteiger partial charge is 0.481 e. The number of carbonyl (C=O) groups is 1. The summed E-state index contributed by atoms with van der Waals surface area (Å²) >= 11 is 0. The number of rotatable bonds is 6. The Labute approximate surface area is 180 Å². The van der Waals surface area contributed by atoms with E-state index in [-0.39, 0.29) is 18.4 Å². The lowest BCUT2D eigenvalue weighted by Gasteiger charge is -2.32. The molecule has 1 aliphatic heterocycles. The van der Waals surface area contributed by atoms with Crippen molar-refractivity contribution in [3.8, 4) is 11.3 Å². The average Bonchev–Trinajstić information content (AvgIpc) is 3.22.